The highest BCUT2D eigenvalue weighted by Gasteiger charge is 2.39. The second-order valence-electron chi connectivity index (χ2n) is 7.28. The predicted molar refractivity (Wildman–Crippen MR) is 90.4 cm³/mol. The summed E-state index contributed by atoms with van der Waals surface area (Å²) in [5.41, 5.74) is 1.42. The maximum Gasteiger partial charge on any atom is 0.438 e. The molecule has 1 N–H and O–H groups in total. The smallest absolute Gasteiger partial charge is 0.406 e. The molecule has 1 atom stereocenters. The van der Waals surface area contributed by atoms with Crippen LogP contribution in [0.5, 0.6) is 5.75 Å². The third-order valence-electron chi connectivity index (χ3n) is 4.65. The maximum atomic E-state index is 13.0. The molecular weight excluding hydrogens is 347 g/mol. The van der Waals surface area contributed by atoms with Crippen LogP contribution in [0.1, 0.15) is 49.9 Å². The monoisotopic (exact) mass is 367 g/mol. The summed E-state index contributed by atoms with van der Waals surface area (Å²) in [4.78, 5) is 12.2. The summed E-state index contributed by atoms with van der Waals surface area (Å²) in [5, 5.41) is 5.90. The fourth-order valence-electron chi connectivity index (χ4n) is 3.75. The van der Waals surface area contributed by atoms with Crippen molar-refractivity contribution in [3.63, 3.8) is 0 Å². The minimum absolute atomic E-state index is 0.0247. The van der Waals surface area contributed by atoms with Crippen molar-refractivity contribution in [3.05, 3.63) is 41.2 Å². The lowest BCUT2D eigenvalue weighted by molar-refractivity contribution is -0.142. The number of carbonyl (C=O) groups excluding carboxylic acids is 1. The number of anilines is 1. The number of carbonyl (C=O) groups is 1. The van der Waals surface area contributed by atoms with Gasteiger partial charge in [0.2, 0.25) is 5.69 Å². The Balaban J connectivity index is 1.84. The number of alkyl halides is 3. The highest BCUT2D eigenvalue weighted by atomic mass is 19.4. The summed E-state index contributed by atoms with van der Waals surface area (Å²) >= 11 is 0. The van der Waals surface area contributed by atoms with Crippen molar-refractivity contribution in [1.29, 1.82) is 0 Å². The Hall–Kier alpha value is -2.51. The number of amides is 1. The quantitative estimate of drug-likeness (QED) is 0.827. The molecule has 2 aromatic rings. The van der Waals surface area contributed by atoms with E-state index in [9.17, 15) is 18.0 Å². The molecule has 140 valence electrons. The number of halogens is 3. The van der Waals surface area contributed by atoms with Gasteiger partial charge in [-0.15, -0.1) is 0 Å². The number of nitrogens with zero attached hydrogens (tertiary/aromatic N) is 2. The van der Waals surface area contributed by atoms with Gasteiger partial charge >= 0.3 is 12.3 Å². The minimum Gasteiger partial charge on any atom is -0.406 e. The first kappa shape index (κ1) is 18.3. The van der Waals surface area contributed by atoms with Gasteiger partial charge in [-0.2, -0.15) is 18.3 Å². The highest BCUT2D eigenvalue weighted by Crippen LogP contribution is 2.48. The highest BCUT2D eigenvalue weighted by molar-refractivity contribution is 5.88. The van der Waals surface area contributed by atoms with Crippen LogP contribution >= 0.6 is 0 Å². The van der Waals surface area contributed by atoms with E-state index in [0.717, 1.165) is 28.4 Å². The third-order valence-corrected chi connectivity index (χ3v) is 4.65. The van der Waals surface area contributed by atoms with Crippen molar-refractivity contribution in [2.24, 2.45) is 7.05 Å². The van der Waals surface area contributed by atoms with Gasteiger partial charge in [-0.1, -0.05) is 32.9 Å². The van der Waals surface area contributed by atoms with Crippen LogP contribution < -0.4 is 10.1 Å². The van der Waals surface area contributed by atoms with Crippen molar-refractivity contribution < 1.29 is 22.7 Å². The van der Waals surface area contributed by atoms with Gasteiger partial charge in [-0.25, -0.2) is 4.79 Å². The molecular formula is C18H20F3N3O2. The van der Waals surface area contributed by atoms with Crippen LogP contribution in [0.25, 0.3) is 0 Å². The van der Waals surface area contributed by atoms with E-state index in [4.69, 9.17) is 4.74 Å². The molecule has 1 aliphatic rings. The van der Waals surface area contributed by atoms with E-state index < -0.39 is 23.7 Å². The lowest BCUT2D eigenvalue weighted by atomic mass is 9.86. The topological polar surface area (TPSA) is 56.1 Å². The van der Waals surface area contributed by atoms with Gasteiger partial charge in [0.05, 0.1) is 6.20 Å². The van der Waals surface area contributed by atoms with E-state index in [2.05, 4.69) is 31.2 Å². The molecule has 1 heterocycles. The first-order chi connectivity index (χ1) is 12.0. The van der Waals surface area contributed by atoms with E-state index in [1.807, 2.05) is 12.1 Å². The second kappa shape index (κ2) is 6.03. The number of ether oxygens (including phenoxy) is 1. The molecule has 1 unspecified atom stereocenters. The normalized spacial score (nSPS) is 18.5. The Kier molecular flexibility index (Phi) is 4.24. The van der Waals surface area contributed by atoms with Gasteiger partial charge in [0.15, 0.2) is 5.75 Å². The summed E-state index contributed by atoms with van der Waals surface area (Å²) in [6, 6.07) is 5.56. The van der Waals surface area contributed by atoms with Crippen LogP contribution in [-0.4, -0.2) is 15.9 Å². The number of hydrogen-bond donors (Lipinski definition) is 1. The Morgan fingerprint density at radius 1 is 1.38 bits per heavy atom. The molecule has 3 rings (SSSR count). The van der Waals surface area contributed by atoms with Crippen LogP contribution in [0.3, 0.4) is 0 Å². The van der Waals surface area contributed by atoms with Crippen molar-refractivity contribution in [2.45, 2.75) is 44.7 Å². The molecule has 1 aromatic carbocycles. The largest absolute Gasteiger partial charge is 0.438 e. The summed E-state index contributed by atoms with van der Waals surface area (Å²) < 4.78 is 44.7. The molecule has 0 bridgehead atoms. The van der Waals surface area contributed by atoms with Crippen LogP contribution in [0.15, 0.2) is 24.4 Å². The molecule has 8 heteroatoms. The first-order valence-corrected chi connectivity index (χ1v) is 8.22. The summed E-state index contributed by atoms with van der Waals surface area (Å²) in [5.74, 6) is -0.404. The zero-order valence-electron chi connectivity index (χ0n) is 14.9. The molecule has 0 aliphatic heterocycles. The van der Waals surface area contributed by atoms with Crippen LogP contribution in [0, 0.1) is 0 Å². The summed E-state index contributed by atoms with van der Waals surface area (Å²) in [6.07, 6.45) is -3.74. The summed E-state index contributed by atoms with van der Waals surface area (Å²) in [6.45, 7) is 6.32. The summed E-state index contributed by atoms with van der Waals surface area (Å²) in [7, 11) is 1.33. The molecule has 1 amide bonds. The Bertz CT molecular complexity index is 856. The van der Waals surface area contributed by atoms with Gasteiger partial charge in [-0.3, -0.25) is 10.00 Å². The van der Waals surface area contributed by atoms with Gasteiger partial charge in [-0.05, 0) is 34.9 Å². The average molecular weight is 367 g/mol. The zero-order chi connectivity index (χ0) is 19.3. The minimum atomic E-state index is -4.70. The van der Waals surface area contributed by atoms with Crippen LogP contribution in [0.4, 0.5) is 23.7 Å². The van der Waals surface area contributed by atoms with Crippen molar-refractivity contribution in [2.75, 3.05) is 5.32 Å². The van der Waals surface area contributed by atoms with Crippen molar-refractivity contribution >= 4 is 11.8 Å². The van der Waals surface area contributed by atoms with Crippen LogP contribution in [0.2, 0.25) is 0 Å². The first-order valence-electron chi connectivity index (χ1n) is 8.22. The van der Waals surface area contributed by atoms with E-state index in [-0.39, 0.29) is 11.3 Å². The fraction of sp³-hybridized carbons (Fsp3) is 0.444. The molecule has 0 spiro atoms. The molecule has 1 aromatic heterocycles. The van der Waals surface area contributed by atoms with Crippen LogP contribution in [-0.2, 0) is 18.6 Å². The molecule has 0 saturated carbocycles. The Morgan fingerprint density at radius 2 is 2.08 bits per heavy atom. The van der Waals surface area contributed by atoms with Gasteiger partial charge < -0.3 is 4.74 Å². The van der Waals surface area contributed by atoms with E-state index in [0.29, 0.717) is 5.69 Å². The molecule has 0 radical (unpaired) electrons. The van der Waals surface area contributed by atoms with Gasteiger partial charge in [0.1, 0.15) is 0 Å². The third kappa shape index (κ3) is 3.27. The van der Waals surface area contributed by atoms with E-state index in [1.54, 1.807) is 6.07 Å². The number of benzene rings is 1. The number of hydrogen-bond acceptors (Lipinski definition) is 3. The van der Waals surface area contributed by atoms with Crippen molar-refractivity contribution in [1.82, 2.24) is 9.78 Å². The number of rotatable bonds is 2. The van der Waals surface area contributed by atoms with Crippen molar-refractivity contribution in [3.8, 4) is 5.75 Å². The Labute approximate surface area is 149 Å². The van der Waals surface area contributed by atoms with E-state index >= 15 is 0 Å². The number of fused-ring (bicyclic) bond motifs is 1. The average Bonchev–Trinajstić information content (AvgIpc) is 2.97. The molecule has 26 heavy (non-hydrogen) atoms. The SMILES string of the molecule is CC1CC(C)(C)c2cccc(NC(=O)Oc3cn(C)nc3C(F)(F)F)c21. The Morgan fingerprint density at radius 3 is 2.73 bits per heavy atom. The number of aromatic nitrogens is 2. The lowest BCUT2D eigenvalue weighted by Crippen LogP contribution is -2.20. The molecule has 0 fully saturated rings. The van der Waals surface area contributed by atoms with Gasteiger partial charge in [0, 0.05) is 12.7 Å². The van der Waals surface area contributed by atoms with E-state index in [1.165, 1.54) is 7.05 Å². The van der Waals surface area contributed by atoms with Gasteiger partial charge in [0.25, 0.3) is 0 Å². The number of nitrogens with one attached hydrogen (secondary N) is 1. The predicted octanol–water partition coefficient (Wildman–Crippen LogP) is 4.83. The lowest BCUT2D eigenvalue weighted by Gasteiger charge is -2.19. The second-order valence-corrected chi connectivity index (χ2v) is 7.28. The zero-order valence-corrected chi connectivity index (χ0v) is 14.9. The molecule has 5 nitrogen and oxygen atoms in total. The molecule has 0 saturated heterocycles. The maximum absolute atomic E-state index is 13.0. The molecule has 1 aliphatic carbocycles. The number of aryl methyl sites for hydroxylation is 1. The fourth-order valence-corrected chi connectivity index (χ4v) is 3.75. The standard InChI is InChI=1S/C18H20F3N3O2/c1-10-8-17(2,3)11-6-5-7-12(14(10)11)22-16(25)26-13-9-24(4)23-15(13)18(19,20)21/h5-7,9-10H,8H2,1-4H3,(H,22,25).